The second-order valence-corrected chi connectivity index (χ2v) is 20.3. The molecule has 1 rings (SSSR count). The standard InChI is InChI=1S/C51H98NO12P/c1-3-5-7-9-11-13-15-17-19-20-21-22-23-25-26-28-30-32-34-36-38-42(53)40-45(55)52-43(41-63-65(61,62)64-51-49(59)47(57)46(56)48(58)50(51)60)44(54)39-37-35-33-31-29-27-24-18-16-14-12-10-8-6-4-2/h29,31,37,39,42-44,46-51,53-54,56-60H,3-28,30,32-36,38,40-41H2,1-2H3,(H,52,55)(H,61,62)/b31-29+,39-37+. The Morgan fingerprint density at radius 1 is 0.538 bits per heavy atom. The van der Waals surface area contributed by atoms with Gasteiger partial charge in [-0.2, -0.15) is 0 Å². The maximum atomic E-state index is 13.0. The fourth-order valence-corrected chi connectivity index (χ4v) is 9.46. The monoisotopic (exact) mass is 948 g/mol. The Hall–Kier alpha value is -1.22. The lowest BCUT2D eigenvalue weighted by molar-refractivity contribution is -0.220. The molecule has 0 heterocycles. The highest BCUT2D eigenvalue weighted by Gasteiger charge is 2.51. The Balaban J connectivity index is 2.46. The predicted octanol–water partition coefficient (Wildman–Crippen LogP) is 9.93. The molecule has 0 radical (unpaired) electrons. The van der Waals surface area contributed by atoms with E-state index in [1.54, 1.807) is 6.08 Å². The van der Waals surface area contributed by atoms with Gasteiger partial charge in [-0.1, -0.05) is 218 Å². The van der Waals surface area contributed by atoms with Crippen LogP contribution in [0.3, 0.4) is 0 Å². The van der Waals surface area contributed by atoms with Gasteiger partial charge in [-0.25, -0.2) is 4.57 Å². The molecule has 1 fully saturated rings. The molecule has 384 valence electrons. The van der Waals surface area contributed by atoms with Crippen molar-refractivity contribution in [3.63, 3.8) is 0 Å². The molecule has 1 aliphatic carbocycles. The Bertz CT molecular complexity index is 1210. The molecule has 9 N–H and O–H groups in total. The first-order chi connectivity index (χ1) is 31.3. The molecule has 1 aliphatic rings. The molecular formula is C51H98NO12P. The lowest BCUT2D eigenvalue weighted by Gasteiger charge is -2.41. The number of hydrogen-bond donors (Lipinski definition) is 9. The minimum Gasteiger partial charge on any atom is -0.393 e. The summed E-state index contributed by atoms with van der Waals surface area (Å²) < 4.78 is 22.9. The Morgan fingerprint density at radius 3 is 1.35 bits per heavy atom. The first-order valence-corrected chi connectivity index (χ1v) is 27.9. The number of phosphoric acid groups is 1. The third-order valence-corrected chi connectivity index (χ3v) is 13.8. The van der Waals surface area contributed by atoms with Crippen molar-refractivity contribution in [1.29, 1.82) is 0 Å². The predicted molar refractivity (Wildman–Crippen MR) is 261 cm³/mol. The van der Waals surface area contributed by atoms with E-state index in [1.807, 2.05) is 0 Å². The van der Waals surface area contributed by atoms with Gasteiger partial charge in [0.05, 0.1) is 31.3 Å². The number of allylic oxidation sites excluding steroid dienone is 3. The maximum absolute atomic E-state index is 13.0. The molecule has 0 spiro atoms. The van der Waals surface area contributed by atoms with Gasteiger partial charge < -0.3 is 46.0 Å². The van der Waals surface area contributed by atoms with Crippen molar-refractivity contribution in [1.82, 2.24) is 5.32 Å². The van der Waals surface area contributed by atoms with Crippen LogP contribution in [0.5, 0.6) is 0 Å². The minimum absolute atomic E-state index is 0.248. The second kappa shape index (κ2) is 40.6. The molecule has 8 atom stereocenters. The lowest BCUT2D eigenvalue weighted by atomic mass is 9.85. The highest BCUT2D eigenvalue weighted by atomic mass is 31.2. The summed E-state index contributed by atoms with van der Waals surface area (Å²) in [6, 6.07) is -1.25. The number of carbonyl (C=O) groups is 1. The van der Waals surface area contributed by atoms with E-state index in [2.05, 4.69) is 31.3 Å². The third kappa shape index (κ3) is 32.3. The van der Waals surface area contributed by atoms with Crippen LogP contribution in [0, 0.1) is 0 Å². The SMILES string of the molecule is CCCCCCCCCCC/C=C/CC/C=C/C(O)C(COP(=O)(O)OC1C(O)C(O)C(O)C(O)C1O)NC(=O)CC(O)CCCCCCCCCCCCCCCCCCCCCC. The van der Waals surface area contributed by atoms with E-state index in [4.69, 9.17) is 9.05 Å². The van der Waals surface area contributed by atoms with Crippen molar-refractivity contribution in [2.45, 2.75) is 287 Å². The number of carbonyl (C=O) groups excluding carboxylic acids is 1. The molecule has 1 saturated carbocycles. The quantitative estimate of drug-likeness (QED) is 0.0158. The van der Waals surface area contributed by atoms with Gasteiger partial charge in [0, 0.05) is 0 Å². The Labute approximate surface area is 394 Å². The van der Waals surface area contributed by atoms with Crippen LogP contribution in [-0.4, -0.2) is 108 Å². The Kier molecular flexibility index (Phi) is 38.6. The van der Waals surface area contributed by atoms with E-state index >= 15 is 0 Å². The smallest absolute Gasteiger partial charge is 0.393 e. The summed E-state index contributed by atoms with van der Waals surface area (Å²) in [5, 5.41) is 74.6. The summed E-state index contributed by atoms with van der Waals surface area (Å²) in [7, 11) is -5.15. The average molecular weight is 948 g/mol. The maximum Gasteiger partial charge on any atom is 0.472 e. The van der Waals surface area contributed by atoms with Gasteiger partial charge in [0.25, 0.3) is 0 Å². The van der Waals surface area contributed by atoms with E-state index in [9.17, 15) is 50.0 Å². The summed E-state index contributed by atoms with van der Waals surface area (Å²) in [5.41, 5.74) is 0. The van der Waals surface area contributed by atoms with E-state index in [0.717, 1.165) is 44.9 Å². The van der Waals surface area contributed by atoms with Crippen LogP contribution in [0.1, 0.15) is 232 Å². The van der Waals surface area contributed by atoms with Crippen LogP contribution in [0.15, 0.2) is 24.3 Å². The van der Waals surface area contributed by atoms with E-state index in [-0.39, 0.29) is 6.42 Å². The summed E-state index contributed by atoms with van der Waals surface area (Å²) in [6.07, 6.45) is 32.7. The molecule has 1 amide bonds. The van der Waals surface area contributed by atoms with Crippen molar-refractivity contribution < 1.29 is 59.0 Å². The normalized spacial score (nSPS) is 22.7. The molecular weight excluding hydrogens is 850 g/mol. The largest absolute Gasteiger partial charge is 0.472 e. The number of phosphoric ester groups is 1. The van der Waals surface area contributed by atoms with E-state index in [1.165, 1.54) is 160 Å². The number of amides is 1. The van der Waals surface area contributed by atoms with Gasteiger partial charge in [-0.3, -0.25) is 13.8 Å². The van der Waals surface area contributed by atoms with Crippen LogP contribution in [0.2, 0.25) is 0 Å². The number of unbranched alkanes of at least 4 members (excludes halogenated alkanes) is 29. The zero-order valence-electron chi connectivity index (χ0n) is 40.9. The molecule has 0 saturated heterocycles. The fraction of sp³-hybridized carbons (Fsp3) is 0.902. The third-order valence-electron chi connectivity index (χ3n) is 12.8. The molecule has 13 nitrogen and oxygen atoms in total. The number of aliphatic hydroxyl groups excluding tert-OH is 7. The van der Waals surface area contributed by atoms with Crippen LogP contribution in [0.4, 0.5) is 0 Å². The van der Waals surface area contributed by atoms with Gasteiger partial charge >= 0.3 is 7.82 Å². The molecule has 0 aliphatic heterocycles. The first kappa shape index (κ1) is 61.8. The minimum atomic E-state index is -5.15. The zero-order chi connectivity index (χ0) is 48.0. The van der Waals surface area contributed by atoms with E-state index < -0.39 is 75.2 Å². The van der Waals surface area contributed by atoms with Gasteiger partial charge in [-0.15, -0.1) is 0 Å². The number of hydrogen-bond acceptors (Lipinski definition) is 11. The number of aliphatic hydroxyl groups is 7. The van der Waals surface area contributed by atoms with Gasteiger partial charge in [-0.05, 0) is 32.1 Å². The number of nitrogens with one attached hydrogen (secondary N) is 1. The fourth-order valence-electron chi connectivity index (χ4n) is 8.49. The molecule has 0 aromatic heterocycles. The molecule has 65 heavy (non-hydrogen) atoms. The topological polar surface area (TPSA) is 226 Å². The molecule has 0 aromatic carbocycles. The van der Waals surface area contributed by atoms with Crippen molar-refractivity contribution in [2.75, 3.05) is 6.61 Å². The molecule has 0 aromatic rings. The van der Waals surface area contributed by atoms with Gasteiger partial charge in [0.15, 0.2) is 0 Å². The van der Waals surface area contributed by atoms with Gasteiger partial charge in [0.2, 0.25) is 5.91 Å². The molecule has 14 heteroatoms. The number of rotatable bonds is 44. The van der Waals surface area contributed by atoms with Gasteiger partial charge in [0.1, 0.15) is 36.6 Å². The summed E-state index contributed by atoms with van der Waals surface area (Å²) >= 11 is 0. The molecule has 8 unspecified atom stereocenters. The summed E-state index contributed by atoms with van der Waals surface area (Å²) in [4.78, 5) is 23.5. The van der Waals surface area contributed by atoms with Crippen LogP contribution >= 0.6 is 7.82 Å². The van der Waals surface area contributed by atoms with Crippen molar-refractivity contribution in [2.24, 2.45) is 0 Å². The van der Waals surface area contributed by atoms with Crippen LogP contribution < -0.4 is 5.32 Å². The lowest BCUT2D eigenvalue weighted by Crippen LogP contribution is -2.64. The van der Waals surface area contributed by atoms with Crippen molar-refractivity contribution in [3.05, 3.63) is 24.3 Å². The first-order valence-electron chi connectivity index (χ1n) is 26.4. The van der Waals surface area contributed by atoms with Crippen LogP contribution in [0.25, 0.3) is 0 Å². The zero-order valence-corrected chi connectivity index (χ0v) is 41.8. The average Bonchev–Trinajstić information content (AvgIpc) is 3.28. The van der Waals surface area contributed by atoms with Crippen molar-refractivity contribution in [3.8, 4) is 0 Å². The van der Waals surface area contributed by atoms with E-state index in [0.29, 0.717) is 12.8 Å². The molecule has 0 bridgehead atoms. The highest BCUT2D eigenvalue weighted by Crippen LogP contribution is 2.47. The summed E-state index contributed by atoms with van der Waals surface area (Å²) in [6.45, 7) is 3.75. The summed E-state index contributed by atoms with van der Waals surface area (Å²) in [5.74, 6) is -0.599. The second-order valence-electron chi connectivity index (χ2n) is 18.9. The Morgan fingerprint density at radius 2 is 0.908 bits per heavy atom. The van der Waals surface area contributed by atoms with Crippen LogP contribution in [-0.2, 0) is 18.4 Å². The highest BCUT2D eigenvalue weighted by molar-refractivity contribution is 7.47. The van der Waals surface area contributed by atoms with Crippen molar-refractivity contribution >= 4 is 13.7 Å².